The van der Waals surface area contributed by atoms with Crippen molar-refractivity contribution in [3.63, 3.8) is 0 Å². The standard InChI is InChI=1S/C36H44N4O/c1-5-38-36-34(24(3)28-16-8-9-18-31-30(28)21-20-23(2)22-33(31)41)39-25(4)35(40-36)27-14-10-13-26-12-6-7-17-29(26)32(37)19-11-15-27/h5-7,12,15,17,20-21,23,28,32H,1,3,8-11,13-14,16,18-19,22,37H2,2,4H3,(H,38,40)/b27-15+/t23?,28?,32-/m0/s1. The molecule has 0 radical (unpaired) electrons. The maximum atomic E-state index is 13.2. The van der Waals surface area contributed by atoms with E-state index in [1.54, 1.807) is 6.20 Å². The number of carbonyl (C=O) groups is 1. The molecule has 3 aliphatic rings. The van der Waals surface area contributed by atoms with E-state index in [9.17, 15) is 4.79 Å². The molecule has 2 aromatic rings. The Bertz CT molecular complexity index is 1430. The second kappa shape index (κ2) is 12.9. The summed E-state index contributed by atoms with van der Waals surface area (Å²) in [5.74, 6) is 1.24. The van der Waals surface area contributed by atoms with E-state index >= 15 is 0 Å². The van der Waals surface area contributed by atoms with Crippen LogP contribution in [0, 0.1) is 18.8 Å². The van der Waals surface area contributed by atoms with Gasteiger partial charge >= 0.3 is 0 Å². The molecular weight excluding hydrogens is 504 g/mol. The van der Waals surface area contributed by atoms with Crippen molar-refractivity contribution < 1.29 is 4.79 Å². The highest BCUT2D eigenvalue weighted by atomic mass is 16.1. The molecule has 0 fully saturated rings. The highest BCUT2D eigenvalue weighted by molar-refractivity contribution is 5.98. The molecule has 0 aliphatic heterocycles. The van der Waals surface area contributed by atoms with Crippen molar-refractivity contribution in [3.8, 4) is 0 Å². The molecule has 0 saturated carbocycles. The summed E-state index contributed by atoms with van der Waals surface area (Å²) in [6.45, 7) is 12.7. The van der Waals surface area contributed by atoms with Crippen LogP contribution in [0.25, 0.3) is 11.1 Å². The van der Waals surface area contributed by atoms with Crippen LogP contribution in [-0.4, -0.2) is 15.8 Å². The first-order valence-corrected chi connectivity index (χ1v) is 15.3. The van der Waals surface area contributed by atoms with E-state index in [0.717, 1.165) is 91.6 Å². The highest BCUT2D eigenvalue weighted by Crippen LogP contribution is 2.42. The second-order valence-electron chi connectivity index (χ2n) is 11.9. The first kappa shape index (κ1) is 28.9. The number of Topliss-reactive ketones (excluding diaryl/α,β-unsaturated/α-hetero) is 1. The number of nitrogens with one attached hydrogen (secondary N) is 1. The number of nitrogens with two attached hydrogens (primary N) is 1. The van der Waals surface area contributed by atoms with Crippen LogP contribution >= 0.6 is 0 Å². The SMILES string of the molecule is C=CNc1nc(/C2=C/CC[C@H](N)c3ccccc3CCC2)c(C)nc1C(=C)C1CCCCC2=C1C=CC(C)CC2=O. The molecule has 1 aromatic heterocycles. The van der Waals surface area contributed by atoms with E-state index in [1.807, 2.05) is 6.92 Å². The van der Waals surface area contributed by atoms with Gasteiger partial charge in [-0.3, -0.25) is 4.79 Å². The number of benzene rings is 1. The fraction of sp³-hybridized carbons (Fsp3) is 0.417. The van der Waals surface area contributed by atoms with Gasteiger partial charge in [0.1, 0.15) is 5.69 Å². The molecule has 0 bridgehead atoms. The van der Waals surface area contributed by atoms with E-state index in [1.165, 1.54) is 16.7 Å². The number of aromatic nitrogens is 2. The minimum atomic E-state index is 0.0318. The fourth-order valence-electron chi connectivity index (χ4n) is 6.70. The third-order valence-electron chi connectivity index (χ3n) is 8.89. The molecule has 5 rings (SSSR count). The van der Waals surface area contributed by atoms with Gasteiger partial charge in [-0.05, 0) is 104 Å². The minimum Gasteiger partial charge on any atom is -0.345 e. The van der Waals surface area contributed by atoms with Crippen LogP contribution in [0.15, 0.2) is 73.0 Å². The van der Waals surface area contributed by atoms with Gasteiger partial charge in [0.15, 0.2) is 11.6 Å². The predicted molar refractivity (Wildman–Crippen MR) is 170 cm³/mol. The second-order valence-corrected chi connectivity index (χ2v) is 11.9. The molecule has 1 aromatic carbocycles. The number of aryl methyl sites for hydroxylation is 2. The molecule has 5 heteroatoms. The lowest BCUT2D eigenvalue weighted by molar-refractivity contribution is -0.116. The van der Waals surface area contributed by atoms with Crippen LogP contribution in [0.3, 0.4) is 0 Å². The molecule has 0 saturated heterocycles. The van der Waals surface area contributed by atoms with Gasteiger partial charge in [-0.1, -0.05) is 69.0 Å². The Kier molecular flexibility index (Phi) is 9.14. The molecule has 5 nitrogen and oxygen atoms in total. The maximum Gasteiger partial charge on any atom is 0.159 e. The number of anilines is 1. The van der Waals surface area contributed by atoms with Gasteiger partial charge in [0.05, 0.1) is 11.4 Å². The highest BCUT2D eigenvalue weighted by Gasteiger charge is 2.30. The summed E-state index contributed by atoms with van der Waals surface area (Å²) in [7, 11) is 0. The van der Waals surface area contributed by atoms with Gasteiger partial charge in [-0.15, -0.1) is 0 Å². The summed E-state index contributed by atoms with van der Waals surface area (Å²) in [4.78, 5) is 23.5. The Morgan fingerprint density at radius 2 is 1.93 bits per heavy atom. The Labute approximate surface area is 245 Å². The number of allylic oxidation sites excluding steroid dienone is 7. The molecular formula is C36H44N4O. The quantitative estimate of drug-likeness (QED) is 0.393. The van der Waals surface area contributed by atoms with Crippen LogP contribution in [0.2, 0.25) is 0 Å². The first-order valence-electron chi connectivity index (χ1n) is 15.3. The largest absolute Gasteiger partial charge is 0.345 e. The lowest BCUT2D eigenvalue weighted by Crippen LogP contribution is -2.14. The van der Waals surface area contributed by atoms with Gasteiger partial charge in [-0.25, -0.2) is 9.97 Å². The molecule has 0 spiro atoms. The Morgan fingerprint density at radius 3 is 2.76 bits per heavy atom. The lowest BCUT2D eigenvalue weighted by atomic mass is 9.84. The molecule has 1 heterocycles. The Hall–Kier alpha value is -3.57. The molecule has 2 unspecified atom stereocenters. The van der Waals surface area contributed by atoms with Crippen molar-refractivity contribution in [1.29, 1.82) is 0 Å². The van der Waals surface area contributed by atoms with Gasteiger partial charge in [0.25, 0.3) is 0 Å². The van der Waals surface area contributed by atoms with Crippen molar-refractivity contribution in [2.24, 2.45) is 17.6 Å². The van der Waals surface area contributed by atoms with Gasteiger partial charge in [-0.2, -0.15) is 0 Å². The van der Waals surface area contributed by atoms with E-state index in [-0.39, 0.29) is 23.7 Å². The topological polar surface area (TPSA) is 80.9 Å². The zero-order chi connectivity index (χ0) is 28.9. The van der Waals surface area contributed by atoms with Crippen LogP contribution < -0.4 is 11.1 Å². The monoisotopic (exact) mass is 548 g/mol. The number of nitrogens with zero attached hydrogens (tertiary/aromatic N) is 2. The average molecular weight is 549 g/mol. The van der Waals surface area contributed by atoms with Crippen molar-refractivity contribution >= 4 is 22.7 Å². The lowest BCUT2D eigenvalue weighted by Gasteiger charge is -2.23. The molecule has 41 heavy (non-hydrogen) atoms. The zero-order valence-corrected chi connectivity index (χ0v) is 24.7. The minimum absolute atomic E-state index is 0.0318. The zero-order valence-electron chi connectivity index (χ0n) is 24.7. The van der Waals surface area contributed by atoms with Crippen molar-refractivity contribution in [2.45, 2.75) is 84.1 Å². The molecule has 214 valence electrons. The first-order chi connectivity index (χ1) is 19.9. The predicted octanol–water partition coefficient (Wildman–Crippen LogP) is 8.21. The van der Waals surface area contributed by atoms with Gasteiger partial charge in [0, 0.05) is 18.4 Å². The third kappa shape index (κ3) is 6.36. The smallest absolute Gasteiger partial charge is 0.159 e. The number of ketones is 1. The maximum absolute atomic E-state index is 13.2. The van der Waals surface area contributed by atoms with E-state index in [4.69, 9.17) is 15.7 Å². The number of hydrogen-bond donors (Lipinski definition) is 2. The van der Waals surface area contributed by atoms with Crippen LogP contribution in [0.4, 0.5) is 5.82 Å². The number of hydrogen-bond acceptors (Lipinski definition) is 5. The van der Waals surface area contributed by atoms with Gasteiger partial charge < -0.3 is 11.1 Å². The van der Waals surface area contributed by atoms with Crippen molar-refractivity contribution in [3.05, 3.63) is 101 Å². The summed E-state index contributed by atoms with van der Waals surface area (Å²) in [5.41, 5.74) is 16.1. The molecule has 0 amide bonds. The molecule has 3 aliphatic carbocycles. The number of fused-ring (bicyclic) bond motifs is 1. The Morgan fingerprint density at radius 1 is 1.10 bits per heavy atom. The summed E-state index contributed by atoms with van der Waals surface area (Å²) in [6.07, 6.45) is 17.5. The van der Waals surface area contributed by atoms with Crippen LogP contribution in [-0.2, 0) is 11.2 Å². The number of carbonyl (C=O) groups excluding carboxylic acids is 1. The van der Waals surface area contributed by atoms with E-state index < -0.39 is 0 Å². The fourth-order valence-corrected chi connectivity index (χ4v) is 6.70. The van der Waals surface area contributed by atoms with Crippen LogP contribution in [0.5, 0.6) is 0 Å². The summed E-state index contributed by atoms with van der Waals surface area (Å²) in [5, 5.41) is 3.27. The van der Waals surface area contributed by atoms with E-state index in [2.05, 4.69) is 67.9 Å². The number of rotatable bonds is 5. The van der Waals surface area contributed by atoms with Crippen molar-refractivity contribution in [1.82, 2.24) is 9.97 Å². The Balaban J connectivity index is 1.49. The summed E-state index contributed by atoms with van der Waals surface area (Å²) >= 11 is 0. The van der Waals surface area contributed by atoms with Gasteiger partial charge in [0.2, 0.25) is 0 Å². The summed E-state index contributed by atoms with van der Waals surface area (Å²) in [6, 6.07) is 8.62. The summed E-state index contributed by atoms with van der Waals surface area (Å²) < 4.78 is 0. The normalized spacial score (nSPS) is 24.7. The molecule has 3 N–H and O–H groups in total. The van der Waals surface area contributed by atoms with Crippen LogP contribution in [0.1, 0.15) is 99.0 Å². The molecule has 3 atom stereocenters. The average Bonchev–Trinajstić information content (AvgIpc) is 3.26. The third-order valence-corrected chi connectivity index (χ3v) is 8.89. The van der Waals surface area contributed by atoms with Crippen molar-refractivity contribution in [2.75, 3.05) is 5.32 Å². The van der Waals surface area contributed by atoms with E-state index in [0.29, 0.717) is 12.2 Å².